The number of carbonyl (C=O) groups is 1. The zero-order chi connectivity index (χ0) is 26.1. The number of allylic oxidation sites excluding steroid dienone is 5. The number of aliphatic hydroxyl groups excluding tert-OH is 1. The van der Waals surface area contributed by atoms with Crippen LogP contribution in [0.1, 0.15) is 53.0 Å². The number of anilines is 1. The molecule has 0 unspecified atom stereocenters. The van der Waals surface area contributed by atoms with Gasteiger partial charge in [0.1, 0.15) is 17.7 Å². The molecule has 0 saturated carbocycles. The van der Waals surface area contributed by atoms with Crippen LogP contribution in [0.3, 0.4) is 0 Å². The second-order valence-electron chi connectivity index (χ2n) is 9.34. The highest BCUT2D eigenvalue weighted by molar-refractivity contribution is 8.19. The van der Waals surface area contributed by atoms with Gasteiger partial charge in [-0.1, -0.05) is 44.2 Å². The minimum Gasteiger partial charge on any atom is -0.449 e. The largest absolute Gasteiger partial charge is 0.449 e. The Morgan fingerprint density at radius 3 is 2.43 bits per heavy atom. The quantitative estimate of drug-likeness (QED) is 0.220. The van der Waals surface area contributed by atoms with Crippen LogP contribution in [0.2, 0.25) is 0 Å². The van der Waals surface area contributed by atoms with Gasteiger partial charge in [-0.05, 0) is 79.8 Å². The summed E-state index contributed by atoms with van der Waals surface area (Å²) in [5.74, 6) is 0.578. The van der Waals surface area contributed by atoms with Crippen molar-refractivity contribution >= 4 is 41.6 Å². The first-order valence-corrected chi connectivity index (χ1v) is 13.2. The number of amides is 1. The molecule has 1 aromatic rings. The summed E-state index contributed by atoms with van der Waals surface area (Å²) in [4.78, 5) is 12.7. The van der Waals surface area contributed by atoms with Gasteiger partial charge < -0.3 is 9.84 Å². The first kappa shape index (κ1) is 28.6. The third-order valence-corrected chi connectivity index (χ3v) is 7.80. The topological polar surface area (TPSA) is 97.3 Å². The Hall–Kier alpha value is -2.65. The molecule has 6 nitrogen and oxygen atoms in total. The van der Waals surface area contributed by atoms with Crippen LogP contribution in [-0.2, 0) is 4.74 Å². The molecule has 2 rings (SSSR count). The highest BCUT2D eigenvalue weighted by atomic mass is 32.2. The van der Waals surface area contributed by atoms with E-state index in [4.69, 9.17) is 9.84 Å². The van der Waals surface area contributed by atoms with E-state index in [1.807, 2.05) is 68.5 Å². The number of hydrogen-bond acceptors (Lipinski definition) is 7. The van der Waals surface area contributed by atoms with E-state index in [1.165, 1.54) is 11.9 Å². The zero-order valence-electron chi connectivity index (χ0n) is 21.0. The lowest BCUT2D eigenvalue weighted by Gasteiger charge is -2.30. The van der Waals surface area contributed by atoms with Crippen molar-refractivity contribution in [1.82, 2.24) is 0 Å². The number of nitrogens with zero attached hydrogens (tertiary/aromatic N) is 3. The van der Waals surface area contributed by atoms with Crippen LogP contribution >= 0.6 is 23.7 Å². The van der Waals surface area contributed by atoms with Gasteiger partial charge in [-0.2, -0.15) is 10.5 Å². The van der Waals surface area contributed by atoms with E-state index in [-0.39, 0.29) is 28.3 Å². The summed E-state index contributed by atoms with van der Waals surface area (Å²) < 4.78 is 6.48. The third kappa shape index (κ3) is 8.81. The van der Waals surface area contributed by atoms with E-state index in [0.717, 1.165) is 23.1 Å². The van der Waals surface area contributed by atoms with Crippen LogP contribution in [0.5, 0.6) is 0 Å². The molecule has 0 aromatic heterocycles. The zero-order valence-corrected chi connectivity index (χ0v) is 22.6. The minimum absolute atomic E-state index is 0.0369. The molecule has 0 atom stereocenters. The molecule has 0 radical (unpaired) electrons. The van der Waals surface area contributed by atoms with Gasteiger partial charge in [-0.25, -0.2) is 9.10 Å². The summed E-state index contributed by atoms with van der Waals surface area (Å²) in [6.45, 7) is 10.4. The Kier molecular flexibility index (Phi) is 10.5. The van der Waals surface area contributed by atoms with Gasteiger partial charge in [-0.15, -0.1) is 11.8 Å². The molecular formula is C27H33N3O3S2. The molecule has 1 N–H and O–H groups in total. The van der Waals surface area contributed by atoms with Gasteiger partial charge in [0.15, 0.2) is 0 Å². The highest BCUT2D eigenvalue weighted by Crippen LogP contribution is 2.41. The average Bonchev–Trinajstić information content (AvgIpc) is 2.80. The number of benzene rings is 1. The van der Waals surface area contributed by atoms with Gasteiger partial charge in [0.05, 0.1) is 23.0 Å². The van der Waals surface area contributed by atoms with Crippen LogP contribution in [0.4, 0.5) is 10.5 Å². The fourth-order valence-corrected chi connectivity index (χ4v) is 5.79. The predicted molar refractivity (Wildman–Crippen MR) is 146 cm³/mol. The molecule has 0 bridgehead atoms. The summed E-state index contributed by atoms with van der Waals surface area (Å²) in [7, 11) is 0. The van der Waals surface area contributed by atoms with Crippen molar-refractivity contribution in [1.29, 1.82) is 10.5 Å². The van der Waals surface area contributed by atoms with Crippen LogP contribution in [0.15, 0.2) is 53.1 Å². The van der Waals surface area contributed by atoms with Crippen LogP contribution < -0.4 is 4.31 Å². The number of nitriles is 2. The molecule has 1 amide bonds. The molecule has 0 spiro atoms. The molecule has 1 aliphatic carbocycles. The summed E-state index contributed by atoms with van der Waals surface area (Å²) in [5, 5.41) is 27.7. The number of carbonyl (C=O) groups excluding carboxylic acids is 1. The first-order chi connectivity index (χ1) is 16.5. The van der Waals surface area contributed by atoms with Crippen LogP contribution in [0, 0.1) is 28.1 Å². The van der Waals surface area contributed by atoms with E-state index < -0.39 is 6.09 Å². The second kappa shape index (κ2) is 12.9. The number of thioether (sulfide) groups is 1. The lowest BCUT2D eigenvalue weighted by Crippen LogP contribution is -2.30. The number of rotatable bonds is 9. The number of aliphatic hydroxyl groups is 1. The molecule has 186 valence electrons. The maximum Gasteiger partial charge on any atom is 0.424 e. The molecule has 1 aliphatic rings. The van der Waals surface area contributed by atoms with E-state index in [2.05, 4.69) is 13.8 Å². The maximum atomic E-state index is 12.7. The summed E-state index contributed by atoms with van der Waals surface area (Å²) in [6, 6.07) is 11.6. The number of hydrogen-bond donors (Lipinski definition) is 1. The van der Waals surface area contributed by atoms with Crippen molar-refractivity contribution in [3.8, 4) is 12.1 Å². The van der Waals surface area contributed by atoms with Crippen molar-refractivity contribution in [2.75, 3.05) is 23.3 Å². The van der Waals surface area contributed by atoms with Crippen molar-refractivity contribution in [2.24, 2.45) is 5.41 Å². The Balaban J connectivity index is 2.26. The monoisotopic (exact) mass is 511 g/mol. The molecular weight excluding hydrogens is 478 g/mol. The first-order valence-electron chi connectivity index (χ1n) is 11.5. The fraction of sp³-hybridized carbons (Fsp3) is 0.444. The van der Waals surface area contributed by atoms with Crippen molar-refractivity contribution in [3.63, 3.8) is 0 Å². The summed E-state index contributed by atoms with van der Waals surface area (Å²) in [6.07, 6.45) is 7.08. The Labute approximate surface area is 217 Å². The molecule has 0 heterocycles. The summed E-state index contributed by atoms with van der Waals surface area (Å²) >= 11 is 2.93. The maximum absolute atomic E-state index is 12.7. The Bertz CT molecular complexity index is 1060. The smallest absolute Gasteiger partial charge is 0.424 e. The minimum atomic E-state index is -0.432. The molecule has 0 fully saturated rings. The van der Waals surface area contributed by atoms with Crippen molar-refractivity contribution < 1.29 is 14.6 Å². The highest BCUT2D eigenvalue weighted by Gasteiger charge is 2.29. The predicted octanol–water partition coefficient (Wildman–Crippen LogP) is 6.86. The van der Waals surface area contributed by atoms with Gasteiger partial charge in [0.25, 0.3) is 0 Å². The lowest BCUT2D eigenvalue weighted by molar-refractivity contribution is 0.164. The Morgan fingerprint density at radius 1 is 1.20 bits per heavy atom. The van der Waals surface area contributed by atoms with Crippen molar-refractivity contribution in [3.05, 3.63) is 58.7 Å². The van der Waals surface area contributed by atoms with Gasteiger partial charge in [-0.3, -0.25) is 0 Å². The fourth-order valence-electron chi connectivity index (χ4n) is 3.73. The third-order valence-electron chi connectivity index (χ3n) is 5.16. The van der Waals surface area contributed by atoms with Gasteiger partial charge in [0, 0.05) is 5.75 Å². The van der Waals surface area contributed by atoms with E-state index >= 15 is 0 Å². The molecule has 35 heavy (non-hydrogen) atoms. The molecule has 0 saturated heterocycles. The second-order valence-corrected chi connectivity index (χ2v) is 12.9. The molecule has 1 aromatic carbocycles. The van der Waals surface area contributed by atoms with E-state index in [9.17, 15) is 15.3 Å². The molecule has 8 heteroatoms. The van der Waals surface area contributed by atoms with Crippen LogP contribution in [0.25, 0.3) is 6.08 Å². The van der Waals surface area contributed by atoms with E-state index in [0.29, 0.717) is 17.9 Å². The van der Waals surface area contributed by atoms with Gasteiger partial charge in [0.2, 0.25) is 0 Å². The van der Waals surface area contributed by atoms with E-state index in [1.54, 1.807) is 23.0 Å². The Morgan fingerprint density at radius 2 is 1.86 bits per heavy atom. The number of ether oxygens (including phenoxy) is 1. The normalized spacial score (nSPS) is 15.2. The standard InChI is InChI=1S/C27H33N3O3S2/c1-6-33-25(32)30(35-27(4,5)34-14-13-31)24-11-9-20(10-12-24)7-8-21-15-22(23(18-28)19-29)17-26(2,3)16-21/h7-12,15,31H,6,13-14,16-17H2,1-5H3. The SMILES string of the molecule is CCOC(=O)N(SC(C)(C)SCCO)c1ccc(C=CC2=CC(=C(C#N)C#N)CC(C)(C)C2)cc1. The summed E-state index contributed by atoms with van der Waals surface area (Å²) in [5.41, 5.74) is 3.65. The lowest BCUT2D eigenvalue weighted by atomic mass is 9.74. The average molecular weight is 512 g/mol. The van der Waals surface area contributed by atoms with Gasteiger partial charge >= 0.3 is 6.09 Å². The van der Waals surface area contributed by atoms with Crippen LogP contribution in [-0.4, -0.2) is 34.2 Å². The van der Waals surface area contributed by atoms with Crippen molar-refractivity contribution in [2.45, 2.75) is 51.5 Å². The molecule has 0 aliphatic heterocycles.